The Morgan fingerprint density at radius 2 is 1.91 bits per heavy atom. The maximum Gasteiger partial charge on any atom is 0.229 e. The van der Waals surface area contributed by atoms with Gasteiger partial charge in [-0.15, -0.1) is 0 Å². The predicted octanol–water partition coefficient (Wildman–Crippen LogP) is 4.43. The molecule has 34 heavy (non-hydrogen) atoms. The third kappa shape index (κ3) is 4.98. The van der Waals surface area contributed by atoms with E-state index in [-0.39, 0.29) is 17.6 Å². The number of ether oxygens (including phenoxy) is 2. The highest BCUT2D eigenvalue weighted by atomic mass is 19.1. The zero-order valence-corrected chi connectivity index (χ0v) is 19.4. The zero-order chi connectivity index (χ0) is 23.4. The number of benzene rings is 2. The van der Waals surface area contributed by atoms with Gasteiger partial charge in [-0.3, -0.25) is 9.78 Å². The van der Waals surface area contributed by atoms with Crippen LogP contribution in [0.4, 0.5) is 4.39 Å². The summed E-state index contributed by atoms with van der Waals surface area (Å²) in [5.74, 6) is 0.0622. The molecule has 0 unspecified atom stereocenters. The van der Waals surface area contributed by atoms with Crippen molar-refractivity contribution in [1.82, 2.24) is 9.88 Å². The average molecular weight is 463 g/mol. The first kappa shape index (κ1) is 22.9. The fourth-order valence-electron chi connectivity index (χ4n) is 5.35. The molecule has 0 bridgehead atoms. The minimum atomic E-state index is -0.635. The van der Waals surface area contributed by atoms with Crippen LogP contribution in [0.5, 0.6) is 0 Å². The van der Waals surface area contributed by atoms with E-state index in [1.165, 1.54) is 17.0 Å². The van der Waals surface area contributed by atoms with Crippen molar-refractivity contribution in [2.45, 2.75) is 25.7 Å². The Hall–Kier alpha value is -2.83. The summed E-state index contributed by atoms with van der Waals surface area (Å²) in [6.45, 7) is 3.41. The number of hydrogen-bond donors (Lipinski definition) is 0. The third-order valence-corrected chi connectivity index (χ3v) is 7.24. The van der Waals surface area contributed by atoms with Crippen LogP contribution in [0.1, 0.15) is 24.0 Å². The van der Waals surface area contributed by atoms with E-state index in [2.05, 4.69) is 23.2 Å². The van der Waals surface area contributed by atoms with E-state index in [4.69, 9.17) is 9.47 Å². The van der Waals surface area contributed by atoms with Gasteiger partial charge in [-0.1, -0.05) is 30.3 Å². The highest BCUT2D eigenvalue weighted by Gasteiger charge is 2.43. The summed E-state index contributed by atoms with van der Waals surface area (Å²) in [5, 5.41) is 2.29. The number of pyridine rings is 1. The Morgan fingerprint density at radius 1 is 1.06 bits per heavy atom. The number of nitrogens with zero attached hydrogens (tertiary/aromatic N) is 2. The number of carbonyl (C=O) groups is 1. The van der Waals surface area contributed by atoms with Crippen molar-refractivity contribution in [2.75, 3.05) is 39.5 Å². The van der Waals surface area contributed by atoms with Crippen LogP contribution in [0.25, 0.3) is 10.8 Å². The van der Waals surface area contributed by atoms with Crippen LogP contribution >= 0.6 is 0 Å². The van der Waals surface area contributed by atoms with E-state index >= 15 is 0 Å². The van der Waals surface area contributed by atoms with Crippen LogP contribution in [0.2, 0.25) is 0 Å². The second-order valence-corrected chi connectivity index (χ2v) is 9.61. The van der Waals surface area contributed by atoms with Crippen molar-refractivity contribution in [3.8, 4) is 0 Å². The summed E-state index contributed by atoms with van der Waals surface area (Å²) >= 11 is 0. The Balaban J connectivity index is 1.35. The van der Waals surface area contributed by atoms with Gasteiger partial charge in [0.05, 0.1) is 18.6 Å². The fourth-order valence-corrected chi connectivity index (χ4v) is 5.35. The van der Waals surface area contributed by atoms with E-state index in [9.17, 15) is 9.18 Å². The lowest BCUT2D eigenvalue weighted by molar-refractivity contribution is -0.148. The zero-order valence-electron chi connectivity index (χ0n) is 19.4. The van der Waals surface area contributed by atoms with Crippen LogP contribution in [0.3, 0.4) is 0 Å². The molecular formula is C28H31FN2O3. The smallest absolute Gasteiger partial charge is 0.229 e. The van der Waals surface area contributed by atoms with Gasteiger partial charge in [-0.2, -0.15) is 0 Å². The van der Waals surface area contributed by atoms with Crippen molar-refractivity contribution < 1.29 is 18.7 Å². The first-order valence-electron chi connectivity index (χ1n) is 12.1. The second kappa shape index (κ2) is 10.2. The lowest BCUT2D eigenvalue weighted by Gasteiger charge is -2.40. The molecule has 5 rings (SSSR count). The minimum absolute atomic E-state index is 0.109. The molecule has 178 valence electrons. The molecule has 1 amide bonds. The molecule has 2 aliphatic heterocycles. The van der Waals surface area contributed by atoms with E-state index in [1.54, 1.807) is 18.3 Å². The summed E-state index contributed by atoms with van der Waals surface area (Å²) in [6, 6.07) is 15.3. The number of halogens is 1. The number of amides is 1. The second-order valence-electron chi connectivity index (χ2n) is 9.61. The Labute approximate surface area is 199 Å². The Bertz CT molecular complexity index is 1150. The lowest BCUT2D eigenvalue weighted by atomic mass is 9.73. The number of rotatable bonds is 5. The quantitative estimate of drug-likeness (QED) is 0.563. The lowest BCUT2D eigenvalue weighted by Crippen LogP contribution is -2.50. The van der Waals surface area contributed by atoms with Crippen molar-refractivity contribution in [3.05, 3.63) is 77.9 Å². The minimum Gasteiger partial charge on any atom is -0.381 e. The van der Waals surface area contributed by atoms with Crippen LogP contribution in [-0.2, 0) is 27.1 Å². The SMILES string of the molecule is O=C(N1CCOC[C@@H](Cc2ccc3ccncc3c2)C1)C1(Cc2ccccc2F)CCOCC1. The maximum atomic E-state index is 14.5. The fraction of sp³-hybridized carbons (Fsp3) is 0.429. The molecule has 1 aromatic heterocycles. The third-order valence-electron chi connectivity index (χ3n) is 7.24. The summed E-state index contributed by atoms with van der Waals surface area (Å²) in [4.78, 5) is 20.2. The summed E-state index contributed by atoms with van der Waals surface area (Å²) in [5.41, 5.74) is 1.19. The molecule has 0 radical (unpaired) electrons. The number of aromatic nitrogens is 1. The monoisotopic (exact) mass is 462 g/mol. The summed E-state index contributed by atoms with van der Waals surface area (Å²) < 4.78 is 26.0. The number of hydrogen-bond acceptors (Lipinski definition) is 4. The van der Waals surface area contributed by atoms with Gasteiger partial charge in [0.1, 0.15) is 5.82 Å². The molecule has 6 heteroatoms. The number of fused-ring (bicyclic) bond motifs is 1. The molecule has 0 N–H and O–H groups in total. The maximum absolute atomic E-state index is 14.5. The van der Waals surface area contributed by atoms with Gasteiger partial charge in [-0.25, -0.2) is 4.39 Å². The van der Waals surface area contributed by atoms with E-state index in [1.807, 2.05) is 23.2 Å². The van der Waals surface area contributed by atoms with Gasteiger partial charge in [-0.05, 0) is 60.4 Å². The van der Waals surface area contributed by atoms with Gasteiger partial charge in [0.15, 0.2) is 0 Å². The standard InChI is InChI=1S/C28H31FN2O3/c29-26-4-2-1-3-24(26)17-28(8-12-33-13-9-28)27(32)31-11-14-34-20-22(19-31)15-21-5-6-23-7-10-30-18-25(23)16-21/h1-7,10,16,18,22H,8-9,11-15,17,19-20H2/t22-/m0/s1. The largest absolute Gasteiger partial charge is 0.381 e. The molecule has 2 aromatic carbocycles. The molecule has 2 aliphatic rings. The summed E-state index contributed by atoms with van der Waals surface area (Å²) in [7, 11) is 0. The van der Waals surface area contributed by atoms with Gasteiger partial charge in [0.2, 0.25) is 5.91 Å². The predicted molar refractivity (Wildman–Crippen MR) is 129 cm³/mol. The van der Waals surface area contributed by atoms with Crippen molar-refractivity contribution >= 4 is 16.7 Å². The average Bonchev–Trinajstić information content (AvgIpc) is 3.11. The summed E-state index contributed by atoms with van der Waals surface area (Å²) in [6.07, 6.45) is 6.15. The highest BCUT2D eigenvalue weighted by Crippen LogP contribution is 2.37. The van der Waals surface area contributed by atoms with Crippen molar-refractivity contribution in [3.63, 3.8) is 0 Å². The van der Waals surface area contributed by atoms with E-state index < -0.39 is 5.41 Å². The first-order chi connectivity index (χ1) is 16.6. The Kier molecular flexibility index (Phi) is 6.88. The van der Waals surface area contributed by atoms with Crippen molar-refractivity contribution in [1.29, 1.82) is 0 Å². The van der Waals surface area contributed by atoms with Gasteiger partial charge in [0, 0.05) is 50.0 Å². The highest BCUT2D eigenvalue weighted by molar-refractivity contribution is 5.83. The van der Waals surface area contributed by atoms with Gasteiger partial charge >= 0.3 is 0 Å². The number of carbonyl (C=O) groups excluding carboxylic acids is 1. The Morgan fingerprint density at radius 3 is 2.76 bits per heavy atom. The molecule has 5 nitrogen and oxygen atoms in total. The van der Waals surface area contributed by atoms with Crippen molar-refractivity contribution in [2.24, 2.45) is 11.3 Å². The van der Waals surface area contributed by atoms with Gasteiger partial charge in [0.25, 0.3) is 0 Å². The van der Waals surface area contributed by atoms with E-state index in [0.29, 0.717) is 64.3 Å². The van der Waals surface area contributed by atoms with E-state index in [0.717, 1.165) is 11.8 Å². The topological polar surface area (TPSA) is 51.7 Å². The molecule has 0 spiro atoms. The van der Waals surface area contributed by atoms with Crippen LogP contribution in [-0.4, -0.2) is 55.3 Å². The molecular weight excluding hydrogens is 431 g/mol. The van der Waals surface area contributed by atoms with Crippen LogP contribution < -0.4 is 0 Å². The van der Waals surface area contributed by atoms with Gasteiger partial charge < -0.3 is 14.4 Å². The normalized spacial score (nSPS) is 20.7. The molecule has 3 aromatic rings. The molecule has 2 fully saturated rings. The molecule has 1 atom stereocenters. The molecule has 0 aliphatic carbocycles. The molecule has 0 saturated carbocycles. The molecule has 3 heterocycles. The van der Waals surface area contributed by atoms with Crippen LogP contribution in [0, 0.1) is 17.2 Å². The first-order valence-corrected chi connectivity index (χ1v) is 12.1. The van der Waals surface area contributed by atoms with Crippen LogP contribution in [0.15, 0.2) is 60.9 Å². The molecule has 2 saturated heterocycles.